The number of aliphatic hydroxyl groups is 3. The van der Waals surface area contributed by atoms with Crippen molar-refractivity contribution in [3.05, 3.63) is 131 Å². The zero-order valence-corrected chi connectivity index (χ0v) is 50.2. The minimum absolute atomic E-state index is 0.0791. The molecule has 7 N–H and O–H groups in total. The molecule has 0 radical (unpaired) electrons. The van der Waals surface area contributed by atoms with Crippen LogP contribution in [0.1, 0.15) is 49.7 Å². The standard InChI is InChI=1S/C23H27N7O2.C12H15N3O3.C11H13ClN4O.C6H3Cl2N3.C5H11NO/c1-15-10-18(11-20(32-3)16(15)2)28-12-21(24-14-28)25-23-26-22(19-7-5-9-30(19)27-23)29-8-4-6-17(29)13-31;1-16-9-4-8(15-6-11(13)14-7-15)5-10(17-2)12(9)18-3;12-11-13-10(9-4-2-6-16(9)14-11)15-5-1-3-8(15)7-17;7-5-4-2-1-3-11(4)10-6(8)9-5;7-4-5-2-1-3-6-5/h5,7,9-12,14,17,31H,4,6,8,13H2,1-3H3,(H,25,27);4-7H,13H2,1-3H3;2,4,6,8,17H,1,3,5,7H2;1-3H;5-7H,1-4H2/t17-;;8-;;5-/m1.1.1/s1. The quantitative estimate of drug-likeness (QED) is 0.0641. The SMILES string of the molecule is COc1cc(-n2cnc(N)c2)cc(OC)c1OC.COc1cc(-n2cnc(Nc3nc(N4CCC[C@@H]4CO)c4cccn4n3)c2)cc(C)c1C.Clc1nc(Cl)c2cccn2n1.OC[C@H]1CCCN1.OC[C@H]1CCCN1c1nc(Cl)nn2cccc12. The molecular weight excluding hydrogens is 1160 g/mol. The lowest BCUT2D eigenvalue weighted by Gasteiger charge is -2.25. The van der Waals surface area contributed by atoms with E-state index in [4.69, 9.17) is 69.6 Å². The van der Waals surface area contributed by atoms with E-state index in [9.17, 15) is 10.2 Å². The second-order valence-corrected chi connectivity index (χ2v) is 21.0. The number of benzene rings is 2. The number of halogens is 3. The van der Waals surface area contributed by atoms with Gasteiger partial charge in [-0.15, -0.1) is 15.3 Å². The zero-order valence-electron chi connectivity index (χ0n) is 47.9. The fraction of sp³-hybridized carbons (Fsp3) is 0.368. The Morgan fingerprint density at radius 1 is 0.624 bits per heavy atom. The van der Waals surface area contributed by atoms with Crippen molar-refractivity contribution in [2.24, 2.45) is 0 Å². The first-order chi connectivity index (χ1) is 41.3. The van der Waals surface area contributed by atoms with Gasteiger partial charge in [-0.1, -0.05) is 11.6 Å². The third kappa shape index (κ3) is 14.5. The van der Waals surface area contributed by atoms with Gasteiger partial charge in [0.2, 0.25) is 22.3 Å². The second-order valence-electron chi connectivity index (χ2n) is 19.9. The van der Waals surface area contributed by atoms with Crippen LogP contribution in [0.3, 0.4) is 0 Å². The van der Waals surface area contributed by atoms with Crippen molar-refractivity contribution in [3.8, 4) is 34.4 Å². The number of nitrogens with zero attached hydrogens (tertiary/aromatic N) is 15. The van der Waals surface area contributed by atoms with Gasteiger partial charge in [-0.2, -0.15) is 9.97 Å². The fourth-order valence-corrected chi connectivity index (χ4v) is 10.8. The van der Waals surface area contributed by atoms with Crippen molar-refractivity contribution in [2.45, 2.75) is 70.5 Å². The molecule has 11 heterocycles. The van der Waals surface area contributed by atoms with Crippen molar-refractivity contribution >= 4 is 80.6 Å². The summed E-state index contributed by atoms with van der Waals surface area (Å²) in [6.45, 7) is 7.54. The number of nitrogens with two attached hydrogens (primary N) is 1. The van der Waals surface area contributed by atoms with Gasteiger partial charge in [0.05, 0.1) is 84.1 Å². The number of rotatable bonds is 13. The van der Waals surface area contributed by atoms with Crippen LogP contribution in [0.2, 0.25) is 15.7 Å². The first kappa shape index (κ1) is 61.4. The van der Waals surface area contributed by atoms with Crippen molar-refractivity contribution in [1.82, 2.24) is 68.2 Å². The number of imidazole rings is 2. The van der Waals surface area contributed by atoms with Gasteiger partial charge in [-0.25, -0.2) is 28.5 Å². The number of ether oxygens (including phenoxy) is 4. The number of fused-ring (bicyclic) bond motifs is 3. The molecule has 25 nitrogen and oxygen atoms in total. The van der Waals surface area contributed by atoms with Gasteiger partial charge < -0.3 is 69.6 Å². The molecule has 0 amide bonds. The van der Waals surface area contributed by atoms with Crippen LogP contribution in [0.25, 0.3) is 27.9 Å². The van der Waals surface area contributed by atoms with Gasteiger partial charge in [0.25, 0.3) is 0 Å². The summed E-state index contributed by atoms with van der Waals surface area (Å²) in [5.41, 5.74) is 12.3. The van der Waals surface area contributed by atoms with Crippen molar-refractivity contribution in [2.75, 3.05) is 88.7 Å². The van der Waals surface area contributed by atoms with Crippen LogP contribution in [-0.4, -0.2) is 164 Å². The normalized spacial score (nSPS) is 16.3. The summed E-state index contributed by atoms with van der Waals surface area (Å²) in [5, 5.41) is 47.4. The molecule has 0 bridgehead atoms. The van der Waals surface area contributed by atoms with E-state index in [0.717, 1.165) is 108 Å². The minimum Gasteiger partial charge on any atom is -0.496 e. The topological polar surface area (TPSA) is 280 Å². The van der Waals surface area contributed by atoms with E-state index in [1.165, 1.54) is 6.42 Å². The highest BCUT2D eigenvalue weighted by Crippen LogP contribution is 2.39. The second kappa shape index (κ2) is 28.6. The molecule has 0 spiro atoms. The number of aromatic nitrogens is 13. The number of nitrogen functional groups attached to an aromatic ring is 1. The summed E-state index contributed by atoms with van der Waals surface area (Å²) in [5.74, 6) is 5.74. The number of methoxy groups -OCH3 is 4. The molecule has 0 aliphatic carbocycles. The lowest BCUT2D eigenvalue weighted by atomic mass is 10.1. The van der Waals surface area contributed by atoms with Gasteiger partial charge >= 0.3 is 0 Å². The number of hydrogen-bond donors (Lipinski definition) is 6. The third-order valence-corrected chi connectivity index (χ3v) is 15.2. The summed E-state index contributed by atoms with van der Waals surface area (Å²) < 4.78 is 30.1. The Labute approximate surface area is 505 Å². The van der Waals surface area contributed by atoms with E-state index in [-0.39, 0.29) is 35.9 Å². The molecule has 3 saturated heterocycles. The Morgan fingerprint density at radius 2 is 1.16 bits per heavy atom. The van der Waals surface area contributed by atoms with E-state index in [2.05, 4.69) is 68.7 Å². The lowest BCUT2D eigenvalue weighted by Crippen LogP contribution is -2.33. The Morgan fingerprint density at radius 3 is 1.71 bits per heavy atom. The number of nitrogens with one attached hydrogen (secondary N) is 2. The predicted molar refractivity (Wildman–Crippen MR) is 328 cm³/mol. The van der Waals surface area contributed by atoms with Crippen LogP contribution >= 0.6 is 34.8 Å². The van der Waals surface area contributed by atoms with Crippen molar-refractivity contribution in [3.63, 3.8) is 0 Å². The summed E-state index contributed by atoms with van der Waals surface area (Å²) in [6.07, 6.45) is 18.9. The Bertz CT molecular complexity index is 3780. The molecular formula is C57H69Cl3N18O7. The summed E-state index contributed by atoms with van der Waals surface area (Å²) >= 11 is 17.2. The van der Waals surface area contributed by atoms with E-state index in [0.29, 0.717) is 52.6 Å². The first-order valence-electron chi connectivity index (χ1n) is 27.4. The fourth-order valence-electron chi connectivity index (χ4n) is 10.2. The van der Waals surface area contributed by atoms with E-state index in [1.807, 2.05) is 89.2 Å². The maximum Gasteiger partial charge on any atom is 0.248 e. The van der Waals surface area contributed by atoms with Gasteiger partial charge in [0, 0.05) is 55.9 Å². The van der Waals surface area contributed by atoms with Crippen LogP contribution in [0, 0.1) is 13.8 Å². The maximum atomic E-state index is 9.78. The molecule has 3 fully saturated rings. The van der Waals surface area contributed by atoms with E-state index in [1.54, 1.807) is 67.1 Å². The average molecular weight is 1220 g/mol. The van der Waals surface area contributed by atoms with Crippen molar-refractivity contribution < 1.29 is 34.3 Å². The molecule has 10 aromatic rings. The lowest BCUT2D eigenvalue weighted by molar-refractivity contribution is 0.255. The van der Waals surface area contributed by atoms with Crippen LogP contribution in [0.4, 0.5) is 29.2 Å². The molecule has 2 aromatic carbocycles. The number of aliphatic hydroxyl groups excluding tert-OH is 3. The molecule has 85 heavy (non-hydrogen) atoms. The highest BCUT2D eigenvalue weighted by Gasteiger charge is 2.29. The minimum atomic E-state index is 0.0791. The monoisotopic (exact) mass is 1220 g/mol. The largest absolute Gasteiger partial charge is 0.496 e. The number of hydrogen-bond acceptors (Lipinski definition) is 20. The Kier molecular flexibility index (Phi) is 20.7. The highest BCUT2D eigenvalue weighted by molar-refractivity contribution is 6.34. The zero-order chi connectivity index (χ0) is 60.1. The van der Waals surface area contributed by atoms with Gasteiger partial charge in [0.15, 0.2) is 34.1 Å². The van der Waals surface area contributed by atoms with Crippen molar-refractivity contribution in [1.29, 1.82) is 0 Å². The summed E-state index contributed by atoms with van der Waals surface area (Å²) in [4.78, 5) is 25.6. The molecule has 3 aliphatic rings. The molecule has 0 saturated carbocycles. The first-order valence-corrected chi connectivity index (χ1v) is 28.6. The van der Waals surface area contributed by atoms with E-state index < -0.39 is 0 Å². The molecule has 8 aromatic heterocycles. The summed E-state index contributed by atoms with van der Waals surface area (Å²) in [6, 6.07) is 19.8. The van der Waals surface area contributed by atoms with E-state index >= 15 is 0 Å². The maximum absolute atomic E-state index is 9.78. The third-order valence-electron chi connectivity index (χ3n) is 14.6. The smallest absolute Gasteiger partial charge is 0.248 e. The Hall–Kier alpha value is -8.17. The summed E-state index contributed by atoms with van der Waals surface area (Å²) in [7, 11) is 6.39. The molecule has 3 aliphatic heterocycles. The van der Waals surface area contributed by atoms with Gasteiger partial charge in [-0.05, 0) is 136 Å². The average Bonchev–Trinajstić information content (AvgIpc) is 4.32. The Balaban J connectivity index is 0.000000139. The molecule has 28 heteroatoms. The molecule has 3 atom stereocenters. The van der Waals surface area contributed by atoms with Gasteiger partial charge in [0.1, 0.15) is 40.8 Å². The van der Waals surface area contributed by atoms with Crippen LogP contribution in [0.15, 0.2) is 104 Å². The van der Waals surface area contributed by atoms with Crippen LogP contribution in [0.5, 0.6) is 23.0 Å². The predicted octanol–water partition coefficient (Wildman–Crippen LogP) is 7.84. The van der Waals surface area contributed by atoms with Gasteiger partial charge in [-0.3, -0.25) is 0 Å². The van der Waals surface area contributed by atoms with Crippen LogP contribution in [-0.2, 0) is 0 Å². The number of aryl methyl sites for hydroxylation is 1. The van der Waals surface area contributed by atoms with Crippen LogP contribution < -0.4 is 45.1 Å². The molecule has 450 valence electrons. The number of anilines is 5. The molecule has 0 unspecified atom stereocenters. The highest BCUT2D eigenvalue weighted by atomic mass is 35.5. The molecule has 13 rings (SSSR count).